The van der Waals surface area contributed by atoms with Crippen molar-refractivity contribution in [2.75, 3.05) is 21.8 Å². The zero-order valence-electron chi connectivity index (χ0n) is 18.0. The number of anilines is 2. The predicted octanol–water partition coefficient (Wildman–Crippen LogP) is 3.48. The van der Waals surface area contributed by atoms with Crippen molar-refractivity contribution >= 4 is 31.6 Å². The molecular formula is C21H25N3O6S2. The highest BCUT2D eigenvalue weighted by Gasteiger charge is 2.19. The van der Waals surface area contributed by atoms with Crippen LogP contribution in [-0.4, -0.2) is 34.4 Å². The van der Waals surface area contributed by atoms with E-state index in [9.17, 15) is 16.8 Å². The fraction of sp³-hybridized carbons (Fsp3) is 0.286. The summed E-state index contributed by atoms with van der Waals surface area (Å²) in [5.41, 5.74) is 2.57. The van der Waals surface area contributed by atoms with Crippen molar-refractivity contribution < 1.29 is 26.1 Å². The van der Waals surface area contributed by atoms with Gasteiger partial charge in [0.25, 0.3) is 10.0 Å². The number of sulfonamides is 2. The number of nitrogens with zero attached hydrogens (tertiary/aromatic N) is 1. The Labute approximate surface area is 187 Å². The number of benzene rings is 2. The highest BCUT2D eigenvalue weighted by Crippen LogP contribution is 2.23. The van der Waals surface area contributed by atoms with Crippen LogP contribution in [0.1, 0.15) is 23.7 Å². The maximum Gasteiger partial charge on any atom is 0.264 e. The normalized spacial score (nSPS) is 11.8. The van der Waals surface area contributed by atoms with Crippen molar-refractivity contribution in [2.24, 2.45) is 0 Å². The van der Waals surface area contributed by atoms with Crippen LogP contribution in [0, 0.1) is 13.8 Å². The lowest BCUT2D eigenvalue weighted by Crippen LogP contribution is -2.21. The average molecular weight is 480 g/mol. The van der Waals surface area contributed by atoms with Crippen LogP contribution >= 0.6 is 0 Å². The fourth-order valence-corrected chi connectivity index (χ4v) is 4.66. The second-order valence-electron chi connectivity index (χ2n) is 7.12. The van der Waals surface area contributed by atoms with Gasteiger partial charge in [-0.1, -0.05) is 24.2 Å². The Hall–Kier alpha value is -3.05. The molecule has 3 aromatic rings. The molecule has 0 amide bonds. The fourth-order valence-electron chi connectivity index (χ4n) is 2.71. The Bertz CT molecular complexity index is 1270. The zero-order chi connectivity index (χ0) is 23.4. The standard InChI is InChI=1S/C21H25N3O6S2/c1-4-17-5-9-19(10-6-17)29-13-14-31(25,26)23-18-7-11-20(12-8-18)32(27,28)24-21-15(2)16(3)22-30-21/h5-12,23-24H,4,13-14H2,1-3H3. The number of ether oxygens (including phenoxy) is 1. The quantitative estimate of drug-likeness (QED) is 0.456. The molecule has 3 rings (SSSR count). The van der Waals surface area contributed by atoms with Crippen molar-refractivity contribution in [3.8, 4) is 5.75 Å². The van der Waals surface area contributed by atoms with Crippen LogP contribution in [-0.2, 0) is 26.5 Å². The van der Waals surface area contributed by atoms with E-state index in [1.807, 2.05) is 19.1 Å². The molecule has 0 aliphatic heterocycles. The molecule has 0 unspecified atom stereocenters. The van der Waals surface area contributed by atoms with Gasteiger partial charge in [0, 0.05) is 11.3 Å². The summed E-state index contributed by atoms with van der Waals surface area (Å²) in [5.74, 6) is 0.377. The highest BCUT2D eigenvalue weighted by molar-refractivity contribution is 7.93. The van der Waals surface area contributed by atoms with E-state index in [1.54, 1.807) is 26.0 Å². The van der Waals surface area contributed by atoms with Crippen molar-refractivity contribution in [1.29, 1.82) is 0 Å². The first-order valence-electron chi connectivity index (χ1n) is 9.87. The highest BCUT2D eigenvalue weighted by atomic mass is 32.2. The van der Waals surface area contributed by atoms with Crippen LogP contribution in [0.2, 0.25) is 0 Å². The molecule has 1 aromatic heterocycles. The molecule has 0 saturated carbocycles. The summed E-state index contributed by atoms with van der Waals surface area (Å²) in [7, 11) is -7.59. The summed E-state index contributed by atoms with van der Waals surface area (Å²) in [4.78, 5) is -0.0484. The largest absolute Gasteiger partial charge is 0.492 e. The molecule has 0 radical (unpaired) electrons. The number of aryl methyl sites for hydroxylation is 2. The third-order valence-electron chi connectivity index (χ3n) is 4.77. The van der Waals surface area contributed by atoms with Crippen LogP contribution in [0.4, 0.5) is 11.6 Å². The van der Waals surface area contributed by atoms with Crippen molar-refractivity contribution in [2.45, 2.75) is 32.1 Å². The first-order valence-corrected chi connectivity index (χ1v) is 13.0. The first-order chi connectivity index (χ1) is 15.1. The van der Waals surface area contributed by atoms with E-state index in [-0.39, 0.29) is 28.8 Å². The Morgan fingerprint density at radius 3 is 2.16 bits per heavy atom. The molecule has 0 aliphatic carbocycles. The molecule has 0 bridgehead atoms. The lowest BCUT2D eigenvalue weighted by molar-refractivity contribution is 0.341. The van der Waals surface area contributed by atoms with Gasteiger partial charge in [-0.2, -0.15) is 0 Å². The number of aromatic nitrogens is 1. The summed E-state index contributed by atoms with van der Waals surface area (Å²) >= 11 is 0. The number of hydrogen-bond donors (Lipinski definition) is 2. The lowest BCUT2D eigenvalue weighted by Gasteiger charge is -2.11. The summed E-state index contributed by atoms with van der Waals surface area (Å²) in [6.45, 7) is 5.41. The number of nitrogens with one attached hydrogen (secondary N) is 2. The molecule has 1 heterocycles. The molecule has 2 aromatic carbocycles. The van der Waals surface area contributed by atoms with Crippen LogP contribution in [0.5, 0.6) is 5.75 Å². The lowest BCUT2D eigenvalue weighted by atomic mass is 10.2. The van der Waals surface area contributed by atoms with E-state index >= 15 is 0 Å². The summed E-state index contributed by atoms with van der Waals surface area (Å²) in [6.07, 6.45) is 0.911. The monoisotopic (exact) mass is 479 g/mol. The summed E-state index contributed by atoms with van der Waals surface area (Å²) in [5, 5.41) is 3.71. The van der Waals surface area contributed by atoms with E-state index in [2.05, 4.69) is 14.6 Å². The molecule has 0 saturated heterocycles. The Kier molecular flexibility index (Phi) is 7.09. The second-order valence-corrected chi connectivity index (χ2v) is 10.6. The minimum Gasteiger partial charge on any atom is -0.492 e. The first kappa shape index (κ1) is 23.6. The molecule has 0 atom stereocenters. The van der Waals surface area contributed by atoms with Gasteiger partial charge >= 0.3 is 0 Å². The molecule has 0 aliphatic rings. The summed E-state index contributed by atoms with van der Waals surface area (Å²) in [6, 6.07) is 12.8. The van der Waals surface area contributed by atoms with E-state index in [1.165, 1.54) is 29.8 Å². The topological polar surface area (TPSA) is 128 Å². The Balaban J connectivity index is 1.58. The molecule has 172 valence electrons. The van der Waals surface area contributed by atoms with Gasteiger partial charge in [-0.25, -0.2) is 21.6 Å². The van der Waals surface area contributed by atoms with Crippen molar-refractivity contribution in [3.05, 3.63) is 65.4 Å². The van der Waals surface area contributed by atoms with Gasteiger partial charge in [0.05, 0.1) is 10.6 Å². The van der Waals surface area contributed by atoms with Gasteiger partial charge in [-0.3, -0.25) is 4.72 Å². The third-order valence-corrected chi connectivity index (χ3v) is 7.37. The van der Waals surface area contributed by atoms with Gasteiger partial charge in [0.15, 0.2) is 0 Å². The van der Waals surface area contributed by atoms with Gasteiger partial charge < -0.3 is 9.26 Å². The van der Waals surface area contributed by atoms with Crippen LogP contribution in [0.15, 0.2) is 57.9 Å². The molecule has 0 spiro atoms. The minimum absolute atomic E-state index is 0.0207. The molecular weight excluding hydrogens is 454 g/mol. The second kappa shape index (κ2) is 9.61. The van der Waals surface area contributed by atoms with Crippen LogP contribution < -0.4 is 14.2 Å². The number of rotatable bonds is 10. The maximum absolute atomic E-state index is 12.5. The van der Waals surface area contributed by atoms with Gasteiger partial charge in [0.2, 0.25) is 15.9 Å². The smallest absolute Gasteiger partial charge is 0.264 e. The van der Waals surface area contributed by atoms with Gasteiger partial charge in [0.1, 0.15) is 18.1 Å². The molecule has 32 heavy (non-hydrogen) atoms. The predicted molar refractivity (Wildman–Crippen MR) is 122 cm³/mol. The number of hydrogen-bond acceptors (Lipinski definition) is 7. The summed E-state index contributed by atoms with van der Waals surface area (Å²) < 4.78 is 64.9. The maximum atomic E-state index is 12.5. The van der Waals surface area contributed by atoms with E-state index in [0.717, 1.165) is 6.42 Å². The average Bonchev–Trinajstić information content (AvgIpc) is 3.06. The van der Waals surface area contributed by atoms with Crippen molar-refractivity contribution in [1.82, 2.24) is 5.16 Å². The Morgan fingerprint density at radius 2 is 1.59 bits per heavy atom. The van der Waals surface area contributed by atoms with Crippen LogP contribution in [0.25, 0.3) is 0 Å². The van der Waals surface area contributed by atoms with E-state index < -0.39 is 20.0 Å². The van der Waals surface area contributed by atoms with Crippen molar-refractivity contribution in [3.63, 3.8) is 0 Å². The molecule has 0 fully saturated rings. The zero-order valence-corrected chi connectivity index (χ0v) is 19.6. The SMILES string of the molecule is CCc1ccc(OCCS(=O)(=O)Nc2ccc(S(=O)(=O)Nc3onc(C)c3C)cc2)cc1. The molecule has 11 heteroatoms. The van der Waals surface area contributed by atoms with E-state index in [0.29, 0.717) is 17.0 Å². The molecule has 9 nitrogen and oxygen atoms in total. The minimum atomic E-state index is -3.91. The van der Waals surface area contributed by atoms with Crippen LogP contribution in [0.3, 0.4) is 0 Å². The van der Waals surface area contributed by atoms with Gasteiger partial charge in [-0.05, 0) is 62.2 Å². The van der Waals surface area contributed by atoms with E-state index in [4.69, 9.17) is 9.26 Å². The molecule has 2 N–H and O–H groups in total. The van der Waals surface area contributed by atoms with Gasteiger partial charge in [-0.15, -0.1) is 0 Å². The Morgan fingerprint density at radius 1 is 0.938 bits per heavy atom. The third kappa shape index (κ3) is 6.01.